The molecule has 0 radical (unpaired) electrons. The minimum Gasteiger partial charge on any atom is -0.509 e. The first kappa shape index (κ1) is 30.5. The molecule has 0 unspecified atom stereocenters. The number of pyridine rings is 1. The van der Waals surface area contributed by atoms with Gasteiger partial charge in [0, 0.05) is 63.9 Å². The van der Waals surface area contributed by atoms with E-state index in [9.17, 15) is 0 Å². The van der Waals surface area contributed by atoms with Gasteiger partial charge in [-0.1, -0.05) is 95.6 Å². The zero-order valence-corrected chi connectivity index (χ0v) is 33.7. The molecule has 54 heavy (non-hydrogen) atoms. The summed E-state index contributed by atoms with van der Waals surface area (Å²) in [6.45, 7) is 10.3. The fourth-order valence-electron chi connectivity index (χ4n) is 7.08. The summed E-state index contributed by atoms with van der Waals surface area (Å²) in [7, 11) is 0. The second kappa shape index (κ2) is 14.4. The standard InChI is InChI=1S/C48H47N4O.Pt/c1-32-13-11-18-43-46(32)50(26-24-34-19-20-35(27-33(34)2)47(3,4)5)31-51(43)37-14-12-15-38(29-37)53-39-21-22-41-40-16-9-10-17-42(40)52(44(41)30-39)45-28-36(23-25-49-45)48(6,7)8;/h9-23,25,27-28,31H,24,26H2,1-8H3;/q-3;/i1D3,2D3;. The van der Waals surface area contributed by atoms with Crippen LogP contribution in [0, 0.1) is 32.5 Å². The molecule has 0 bridgehead atoms. The van der Waals surface area contributed by atoms with Crippen molar-refractivity contribution in [1.29, 1.82) is 0 Å². The summed E-state index contributed by atoms with van der Waals surface area (Å²) in [5.41, 5.74) is 6.78. The Labute approximate surface area is 343 Å². The van der Waals surface area contributed by atoms with Gasteiger partial charge >= 0.3 is 0 Å². The number of ether oxygens (including phenoxy) is 1. The van der Waals surface area contributed by atoms with Crippen molar-refractivity contribution < 1.29 is 34.0 Å². The van der Waals surface area contributed by atoms with Crippen LogP contribution in [0.3, 0.4) is 0 Å². The molecule has 0 atom stereocenters. The third-order valence-corrected chi connectivity index (χ3v) is 10.0. The van der Waals surface area contributed by atoms with Crippen molar-refractivity contribution in [2.45, 2.75) is 72.5 Å². The van der Waals surface area contributed by atoms with Gasteiger partial charge in [0.15, 0.2) is 0 Å². The summed E-state index contributed by atoms with van der Waals surface area (Å²) in [5, 5.41) is 2.11. The normalized spacial score (nSPS) is 15.1. The quantitative estimate of drug-likeness (QED) is 0.149. The van der Waals surface area contributed by atoms with Crippen LogP contribution in [0.4, 0.5) is 17.1 Å². The second-order valence-corrected chi connectivity index (χ2v) is 15.8. The Kier molecular flexibility index (Phi) is 8.13. The largest absolute Gasteiger partial charge is 0.509 e. The minimum atomic E-state index is -2.39. The summed E-state index contributed by atoms with van der Waals surface area (Å²) >= 11 is 0. The van der Waals surface area contributed by atoms with Crippen molar-refractivity contribution >= 4 is 38.9 Å². The van der Waals surface area contributed by atoms with Crippen LogP contribution in [0.2, 0.25) is 0 Å². The summed E-state index contributed by atoms with van der Waals surface area (Å²) < 4.78 is 58.9. The van der Waals surface area contributed by atoms with Crippen LogP contribution in [0.1, 0.15) is 77.6 Å². The Bertz CT molecular complexity index is 2710. The molecule has 8 rings (SSSR count). The molecule has 7 aromatic rings. The number of aromatic nitrogens is 2. The molecule has 0 saturated heterocycles. The number of fused-ring (bicyclic) bond motifs is 4. The van der Waals surface area contributed by atoms with Gasteiger partial charge in [0.25, 0.3) is 0 Å². The van der Waals surface area contributed by atoms with E-state index in [1.807, 2.05) is 83.3 Å². The molecular formula is C48H47N4OPt-3. The van der Waals surface area contributed by atoms with Crippen LogP contribution in [-0.4, -0.2) is 16.1 Å². The molecular weight excluding hydrogens is 844 g/mol. The van der Waals surface area contributed by atoms with Crippen molar-refractivity contribution in [2.24, 2.45) is 0 Å². The van der Waals surface area contributed by atoms with Gasteiger partial charge < -0.3 is 19.1 Å². The third-order valence-electron chi connectivity index (χ3n) is 10.0. The SMILES string of the molecule is [2H]C([2H])([2H])c1cc(C(C)(C)C)ccc1CCN1[CH-]N(c2[c-]c(Oc3[c-]c4c(cc3)c3ccccc3n4-c3cc(C(C)(C)C)ccn3)ccc2)c2cccc(C([2H])([2H])[2H])c21.[Pt]. The van der Waals surface area contributed by atoms with Crippen molar-refractivity contribution in [1.82, 2.24) is 9.55 Å². The maximum atomic E-state index is 8.42. The molecule has 278 valence electrons. The van der Waals surface area contributed by atoms with E-state index in [4.69, 9.17) is 17.9 Å². The van der Waals surface area contributed by atoms with E-state index in [1.54, 1.807) is 18.2 Å². The molecule has 0 saturated carbocycles. The Morgan fingerprint density at radius 1 is 0.741 bits per heavy atom. The van der Waals surface area contributed by atoms with Crippen molar-refractivity contribution in [3.8, 4) is 17.3 Å². The van der Waals surface area contributed by atoms with Crippen molar-refractivity contribution in [3.05, 3.63) is 156 Å². The van der Waals surface area contributed by atoms with Gasteiger partial charge in [0.2, 0.25) is 0 Å². The van der Waals surface area contributed by atoms with E-state index in [0.717, 1.165) is 33.2 Å². The molecule has 5 nitrogen and oxygen atoms in total. The predicted molar refractivity (Wildman–Crippen MR) is 220 cm³/mol. The Balaban J connectivity index is 0.00000544. The van der Waals surface area contributed by atoms with E-state index in [0.29, 0.717) is 52.7 Å². The van der Waals surface area contributed by atoms with E-state index < -0.39 is 13.7 Å². The predicted octanol–water partition coefficient (Wildman–Crippen LogP) is 12.1. The first-order valence-corrected chi connectivity index (χ1v) is 18.1. The fourth-order valence-corrected chi connectivity index (χ4v) is 7.08. The first-order chi connectivity index (χ1) is 27.8. The number of nitrogens with zero attached hydrogens (tertiary/aromatic N) is 4. The smallest absolute Gasteiger partial charge is 0.135 e. The van der Waals surface area contributed by atoms with Gasteiger partial charge in [-0.15, -0.1) is 41.4 Å². The molecule has 1 aliphatic rings. The van der Waals surface area contributed by atoms with Crippen molar-refractivity contribution in [3.63, 3.8) is 0 Å². The maximum Gasteiger partial charge on any atom is 0.135 e. The average Bonchev–Trinajstić information content (AvgIpc) is 3.71. The number of hydrogen-bond donors (Lipinski definition) is 0. The van der Waals surface area contributed by atoms with Gasteiger partial charge in [0.1, 0.15) is 5.82 Å². The molecule has 0 amide bonds. The van der Waals surface area contributed by atoms with Crippen LogP contribution in [-0.2, 0) is 38.3 Å². The first-order valence-electron chi connectivity index (χ1n) is 21.1. The zero-order chi connectivity index (χ0) is 42.1. The Hall–Kier alpha value is -4.86. The topological polar surface area (TPSA) is 33.5 Å². The molecule has 3 heterocycles. The van der Waals surface area contributed by atoms with E-state index in [-0.39, 0.29) is 37.5 Å². The fraction of sp³-hybridized carbons (Fsp3) is 0.250. The molecule has 0 aliphatic carbocycles. The molecule has 6 heteroatoms. The number of hydrogen-bond acceptors (Lipinski definition) is 4. The van der Waals surface area contributed by atoms with Crippen LogP contribution in [0.25, 0.3) is 27.6 Å². The molecule has 5 aromatic carbocycles. The number of benzene rings is 5. The summed E-state index contributed by atoms with van der Waals surface area (Å²) in [6, 6.07) is 39.9. The molecule has 0 spiro atoms. The van der Waals surface area contributed by atoms with Crippen LogP contribution >= 0.6 is 0 Å². The van der Waals surface area contributed by atoms with E-state index in [1.165, 1.54) is 5.56 Å². The summed E-state index contributed by atoms with van der Waals surface area (Å²) in [5.74, 6) is 1.75. The number of anilines is 3. The van der Waals surface area contributed by atoms with Crippen LogP contribution in [0.5, 0.6) is 11.5 Å². The maximum absolute atomic E-state index is 8.42. The summed E-state index contributed by atoms with van der Waals surface area (Å²) in [6.07, 6.45) is 2.24. The van der Waals surface area contributed by atoms with Gasteiger partial charge in [-0.3, -0.25) is 0 Å². The summed E-state index contributed by atoms with van der Waals surface area (Å²) in [4.78, 5) is 8.60. The molecule has 2 aromatic heterocycles. The monoisotopic (exact) mass is 896 g/mol. The Morgan fingerprint density at radius 2 is 1.50 bits per heavy atom. The average molecular weight is 897 g/mol. The minimum absolute atomic E-state index is 0. The van der Waals surface area contributed by atoms with Gasteiger partial charge in [0.05, 0.1) is 0 Å². The molecule has 1 aliphatic heterocycles. The van der Waals surface area contributed by atoms with Gasteiger partial charge in [-0.25, -0.2) is 4.98 Å². The van der Waals surface area contributed by atoms with Crippen LogP contribution < -0.4 is 14.5 Å². The second-order valence-electron chi connectivity index (χ2n) is 15.8. The molecule has 0 fully saturated rings. The van der Waals surface area contributed by atoms with Crippen LogP contribution in [0.15, 0.2) is 109 Å². The number of rotatable bonds is 7. The van der Waals surface area contributed by atoms with E-state index in [2.05, 4.69) is 82.5 Å². The van der Waals surface area contributed by atoms with Gasteiger partial charge in [-0.2, -0.15) is 18.8 Å². The van der Waals surface area contributed by atoms with E-state index >= 15 is 0 Å². The zero-order valence-electron chi connectivity index (χ0n) is 37.4. The molecule has 0 N–H and O–H groups in total. The third kappa shape index (κ3) is 7.07. The Morgan fingerprint density at radius 3 is 2.30 bits per heavy atom. The van der Waals surface area contributed by atoms with Gasteiger partial charge in [-0.05, 0) is 95.0 Å². The van der Waals surface area contributed by atoms with Crippen molar-refractivity contribution in [2.75, 3.05) is 16.3 Å². The number of para-hydroxylation sites is 2. The number of aryl methyl sites for hydroxylation is 2.